The normalized spacial score (nSPS) is 12.3. The highest BCUT2D eigenvalue weighted by Gasteiger charge is 2.17. The number of nitrogens with one attached hydrogen (secondary N) is 3. The molecule has 0 aliphatic carbocycles. The lowest BCUT2D eigenvalue weighted by Crippen LogP contribution is -2.43. The number of carbonyl (C=O) groups excluding carboxylic acids is 2. The molecule has 0 aliphatic rings. The van der Waals surface area contributed by atoms with E-state index in [4.69, 9.17) is 4.74 Å². The Balaban J connectivity index is 1.76. The zero-order valence-electron chi connectivity index (χ0n) is 15.9. The number of amides is 2. The Bertz CT molecular complexity index is 741. The van der Waals surface area contributed by atoms with Gasteiger partial charge in [0.25, 0.3) is 5.91 Å². The van der Waals surface area contributed by atoms with Crippen LogP contribution in [0.1, 0.15) is 43.6 Å². The van der Waals surface area contributed by atoms with Gasteiger partial charge in [0.15, 0.2) is 5.16 Å². The van der Waals surface area contributed by atoms with Crippen molar-refractivity contribution >= 4 is 23.8 Å². The molecule has 0 saturated carbocycles. The van der Waals surface area contributed by atoms with Gasteiger partial charge in [-0.15, -0.1) is 0 Å². The molecule has 0 radical (unpaired) electrons. The lowest BCUT2D eigenvalue weighted by molar-refractivity contribution is 0.0521. The molecule has 9 heteroatoms. The summed E-state index contributed by atoms with van der Waals surface area (Å²) >= 11 is 1.54. The minimum Gasteiger partial charge on any atom is -0.444 e. The largest absolute Gasteiger partial charge is 0.444 e. The van der Waals surface area contributed by atoms with Gasteiger partial charge in [-0.1, -0.05) is 23.9 Å². The summed E-state index contributed by atoms with van der Waals surface area (Å²) in [6, 6.07) is 7.13. The predicted molar refractivity (Wildman–Crippen MR) is 104 cm³/mol. The molecule has 8 nitrogen and oxygen atoms in total. The summed E-state index contributed by atoms with van der Waals surface area (Å²) in [5.41, 5.74) is 1.09. The molecular weight excluding hydrogens is 366 g/mol. The Hall–Kier alpha value is -2.55. The predicted octanol–water partition coefficient (Wildman–Crippen LogP) is 2.74. The molecule has 0 aliphatic heterocycles. The van der Waals surface area contributed by atoms with Crippen molar-refractivity contribution in [1.82, 2.24) is 25.8 Å². The third kappa shape index (κ3) is 7.69. The van der Waals surface area contributed by atoms with E-state index in [1.807, 2.05) is 19.1 Å². The molecule has 27 heavy (non-hydrogen) atoms. The van der Waals surface area contributed by atoms with Crippen molar-refractivity contribution in [2.75, 3.05) is 6.54 Å². The van der Waals surface area contributed by atoms with Crippen LogP contribution >= 0.6 is 11.8 Å². The lowest BCUT2D eigenvalue weighted by atomic mass is 10.1. The Labute approximate surface area is 162 Å². The van der Waals surface area contributed by atoms with Crippen molar-refractivity contribution in [3.63, 3.8) is 0 Å². The molecule has 0 bridgehead atoms. The number of ether oxygens (including phenoxy) is 1. The van der Waals surface area contributed by atoms with Crippen LogP contribution in [0, 0.1) is 0 Å². The summed E-state index contributed by atoms with van der Waals surface area (Å²) < 4.78 is 5.17. The van der Waals surface area contributed by atoms with E-state index in [-0.39, 0.29) is 18.5 Å². The minimum atomic E-state index is -0.552. The molecule has 1 aromatic carbocycles. The lowest BCUT2D eigenvalue weighted by Gasteiger charge is -2.21. The van der Waals surface area contributed by atoms with E-state index < -0.39 is 11.7 Å². The molecule has 0 saturated heterocycles. The van der Waals surface area contributed by atoms with E-state index in [0.717, 1.165) is 16.5 Å². The zero-order valence-corrected chi connectivity index (χ0v) is 16.7. The first-order chi connectivity index (χ1) is 12.7. The molecule has 3 N–H and O–H groups in total. The van der Waals surface area contributed by atoms with Gasteiger partial charge >= 0.3 is 6.09 Å². The minimum absolute atomic E-state index is 0.192. The number of benzene rings is 1. The Kier molecular flexibility index (Phi) is 7.23. The number of hydrogen-bond acceptors (Lipinski definition) is 6. The van der Waals surface area contributed by atoms with Crippen LogP contribution in [0.4, 0.5) is 4.79 Å². The summed E-state index contributed by atoms with van der Waals surface area (Å²) in [5, 5.41) is 12.8. The highest BCUT2D eigenvalue weighted by Crippen LogP contribution is 2.18. The summed E-state index contributed by atoms with van der Waals surface area (Å²) in [6.07, 6.45) is 0.964. The number of aromatic nitrogens is 3. The first kappa shape index (κ1) is 20.8. The molecule has 0 unspecified atom stereocenters. The number of H-pyrrole nitrogens is 1. The molecule has 1 heterocycles. The SMILES string of the molecule is C[C@@H](CNC(=O)OC(C)(C)C)NC(=O)c1ccc(CSc2ncn[nH]2)cc1. The van der Waals surface area contributed by atoms with Gasteiger partial charge in [-0.25, -0.2) is 9.78 Å². The smallest absolute Gasteiger partial charge is 0.407 e. The van der Waals surface area contributed by atoms with Crippen LogP contribution in [0.2, 0.25) is 0 Å². The quantitative estimate of drug-likeness (QED) is 0.626. The summed E-state index contributed by atoms with van der Waals surface area (Å²) in [4.78, 5) is 28.0. The van der Waals surface area contributed by atoms with E-state index in [1.165, 1.54) is 18.1 Å². The fraction of sp³-hybridized carbons (Fsp3) is 0.444. The van der Waals surface area contributed by atoms with Crippen LogP contribution in [-0.2, 0) is 10.5 Å². The van der Waals surface area contributed by atoms with Crippen molar-refractivity contribution in [1.29, 1.82) is 0 Å². The number of hydrogen-bond donors (Lipinski definition) is 3. The number of thioether (sulfide) groups is 1. The number of carbonyl (C=O) groups is 2. The van der Waals surface area contributed by atoms with Crippen LogP contribution in [0.25, 0.3) is 0 Å². The maximum Gasteiger partial charge on any atom is 0.407 e. The van der Waals surface area contributed by atoms with Crippen LogP contribution in [0.3, 0.4) is 0 Å². The van der Waals surface area contributed by atoms with Crippen LogP contribution in [0.5, 0.6) is 0 Å². The van der Waals surface area contributed by atoms with Gasteiger partial charge in [-0.05, 0) is 45.4 Å². The number of rotatable bonds is 7. The molecular formula is C18H25N5O3S. The standard InChI is InChI=1S/C18H25N5O3S/c1-12(9-19-17(25)26-18(2,3)4)22-15(24)14-7-5-13(6-8-14)10-27-16-20-11-21-23-16/h5-8,11-12H,9-10H2,1-4H3,(H,19,25)(H,22,24)(H,20,21,23)/t12-/m0/s1. The van der Waals surface area contributed by atoms with E-state index in [9.17, 15) is 9.59 Å². The third-order valence-electron chi connectivity index (χ3n) is 3.31. The van der Waals surface area contributed by atoms with Crippen molar-refractivity contribution in [2.24, 2.45) is 0 Å². The van der Waals surface area contributed by atoms with Crippen LogP contribution < -0.4 is 10.6 Å². The van der Waals surface area contributed by atoms with Crippen molar-refractivity contribution in [3.05, 3.63) is 41.7 Å². The van der Waals surface area contributed by atoms with Gasteiger partial charge in [0, 0.05) is 23.9 Å². The third-order valence-corrected chi connectivity index (χ3v) is 4.26. The molecule has 2 amide bonds. The molecule has 0 spiro atoms. The molecule has 1 aromatic heterocycles. The molecule has 1 atom stereocenters. The van der Waals surface area contributed by atoms with Gasteiger partial charge in [0.05, 0.1) is 0 Å². The number of nitrogens with zero attached hydrogens (tertiary/aromatic N) is 2. The summed E-state index contributed by atoms with van der Waals surface area (Å²) in [7, 11) is 0. The molecule has 146 valence electrons. The van der Waals surface area contributed by atoms with Crippen LogP contribution in [0.15, 0.2) is 35.7 Å². The first-order valence-corrected chi connectivity index (χ1v) is 9.56. The average molecular weight is 391 g/mol. The maximum absolute atomic E-state index is 12.3. The second kappa shape index (κ2) is 9.40. The van der Waals surface area contributed by atoms with Crippen LogP contribution in [-0.4, -0.2) is 45.4 Å². The molecule has 2 rings (SSSR count). The van der Waals surface area contributed by atoms with Gasteiger partial charge in [0.1, 0.15) is 11.9 Å². The number of alkyl carbamates (subject to hydrolysis) is 1. The Morgan fingerprint density at radius 1 is 1.26 bits per heavy atom. The highest BCUT2D eigenvalue weighted by atomic mass is 32.2. The Morgan fingerprint density at radius 2 is 1.96 bits per heavy atom. The van der Waals surface area contributed by atoms with E-state index in [1.54, 1.807) is 32.9 Å². The summed E-state index contributed by atoms with van der Waals surface area (Å²) in [5.74, 6) is 0.538. The molecule has 0 fully saturated rings. The van der Waals surface area contributed by atoms with Crippen molar-refractivity contribution < 1.29 is 14.3 Å². The van der Waals surface area contributed by atoms with Gasteiger partial charge in [0.2, 0.25) is 0 Å². The van der Waals surface area contributed by atoms with E-state index in [0.29, 0.717) is 5.56 Å². The number of aromatic amines is 1. The van der Waals surface area contributed by atoms with Gasteiger partial charge in [-0.3, -0.25) is 9.89 Å². The average Bonchev–Trinajstić information content (AvgIpc) is 3.10. The van der Waals surface area contributed by atoms with E-state index >= 15 is 0 Å². The zero-order chi connectivity index (χ0) is 19.9. The highest BCUT2D eigenvalue weighted by molar-refractivity contribution is 7.98. The van der Waals surface area contributed by atoms with Gasteiger partial charge in [-0.2, -0.15) is 5.10 Å². The first-order valence-electron chi connectivity index (χ1n) is 8.58. The summed E-state index contributed by atoms with van der Waals surface area (Å²) in [6.45, 7) is 7.49. The van der Waals surface area contributed by atoms with Crippen molar-refractivity contribution in [2.45, 2.75) is 50.2 Å². The fourth-order valence-corrected chi connectivity index (χ4v) is 2.81. The van der Waals surface area contributed by atoms with Gasteiger partial charge < -0.3 is 15.4 Å². The topological polar surface area (TPSA) is 109 Å². The maximum atomic E-state index is 12.3. The second-order valence-corrected chi connectivity index (χ2v) is 8.00. The molecule has 2 aromatic rings. The Morgan fingerprint density at radius 3 is 2.56 bits per heavy atom. The monoisotopic (exact) mass is 391 g/mol. The van der Waals surface area contributed by atoms with Crippen molar-refractivity contribution in [3.8, 4) is 0 Å². The fourth-order valence-electron chi connectivity index (χ4n) is 2.08. The second-order valence-electron chi connectivity index (χ2n) is 7.03. The van der Waals surface area contributed by atoms with E-state index in [2.05, 4.69) is 25.8 Å².